The summed E-state index contributed by atoms with van der Waals surface area (Å²) < 4.78 is 5.58. The van der Waals surface area contributed by atoms with Crippen LogP contribution in [0.4, 0.5) is 5.69 Å². The van der Waals surface area contributed by atoms with E-state index in [4.69, 9.17) is 4.74 Å². The lowest BCUT2D eigenvalue weighted by molar-refractivity contribution is 0.357. The highest BCUT2D eigenvalue weighted by Crippen LogP contribution is 2.31. The van der Waals surface area contributed by atoms with Crippen LogP contribution in [0.15, 0.2) is 30.3 Å². The predicted octanol–water partition coefficient (Wildman–Crippen LogP) is 4.72. The van der Waals surface area contributed by atoms with Gasteiger partial charge in [-0.05, 0) is 62.1 Å². The monoisotopic (exact) mass is 281 g/mol. The minimum absolute atomic E-state index is 0.288. The van der Waals surface area contributed by atoms with Crippen molar-refractivity contribution in [3.05, 3.63) is 58.1 Å². The van der Waals surface area contributed by atoms with Gasteiger partial charge in [0.15, 0.2) is 0 Å². The fraction of sp³-hybridized carbons (Fsp3) is 0.368. The average Bonchev–Trinajstić information content (AvgIpc) is 2.89. The number of fused-ring (bicyclic) bond motifs is 1. The van der Waals surface area contributed by atoms with Gasteiger partial charge in [0, 0.05) is 18.2 Å². The van der Waals surface area contributed by atoms with Crippen molar-refractivity contribution in [1.29, 1.82) is 0 Å². The summed E-state index contributed by atoms with van der Waals surface area (Å²) in [7, 11) is 0. The molecule has 0 spiro atoms. The summed E-state index contributed by atoms with van der Waals surface area (Å²) in [6.07, 6.45) is 1.03. The molecule has 2 nitrogen and oxygen atoms in total. The molecule has 110 valence electrons. The first-order valence-electron chi connectivity index (χ1n) is 7.64. The molecule has 3 rings (SSSR count). The van der Waals surface area contributed by atoms with E-state index in [9.17, 15) is 0 Å². The molecule has 0 fully saturated rings. The highest BCUT2D eigenvalue weighted by Gasteiger charge is 2.15. The molecule has 0 bridgehead atoms. The summed E-state index contributed by atoms with van der Waals surface area (Å²) in [5, 5.41) is 3.67. The number of benzene rings is 2. The summed E-state index contributed by atoms with van der Waals surface area (Å²) in [6.45, 7) is 9.53. The molecule has 0 aliphatic carbocycles. The minimum atomic E-state index is 0.288. The van der Waals surface area contributed by atoms with Gasteiger partial charge >= 0.3 is 0 Å². The van der Waals surface area contributed by atoms with Crippen molar-refractivity contribution < 1.29 is 4.74 Å². The molecular formula is C19H23NO. The van der Waals surface area contributed by atoms with Crippen molar-refractivity contribution in [1.82, 2.24) is 0 Å². The second-order valence-corrected chi connectivity index (χ2v) is 6.11. The molecule has 1 atom stereocenters. The van der Waals surface area contributed by atoms with E-state index in [-0.39, 0.29) is 6.04 Å². The van der Waals surface area contributed by atoms with Crippen LogP contribution < -0.4 is 10.1 Å². The van der Waals surface area contributed by atoms with Crippen LogP contribution in [0.3, 0.4) is 0 Å². The first kappa shape index (κ1) is 14.0. The van der Waals surface area contributed by atoms with E-state index in [2.05, 4.69) is 63.3 Å². The van der Waals surface area contributed by atoms with Crippen molar-refractivity contribution in [3.63, 3.8) is 0 Å². The highest BCUT2D eigenvalue weighted by molar-refractivity contribution is 5.59. The van der Waals surface area contributed by atoms with Crippen LogP contribution in [0, 0.1) is 20.8 Å². The number of rotatable bonds is 3. The quantitative estimate of drug-likeness (QED) is 0.879. The summed E-state index contributed by atoms with van der Waals surface area (Å²) in [6, 6.07) is 11.3. The lowest BCUT2D eigenvalue weighted by Crippen LogP contribution is -2.09. The Bertz CT molecular complexity index is 652. The van der Waals surface area contributed by atoms with Gasteiger partial charge in [-0.2, -0.15) is 0 Å². The highest BCUT2D eigenvalue weighted by atomic mass is 16.5. The smallest absolute Gasteiger partial charge is 0.122 e. The molecule has 0 radical (unpaired) electrons. The SMILES string of the molecule is Cc1cc(C)c(NC(C)c2ccc3c(c2)CCO3)c(C)c1. The number of hydrogen-bond acceptors (Lipinski definition) is 2. The molecule has 2 aromatic carbocycles. The maximum absolute atomic E-state index is 5.58. The van der Waals surface area contributed by atoms with Gasteiger partial charge in [0.1, 0.15) is 5.75 Å². The Morgan fingerprint density at radius 3 is 2.48 bits per heavy atom. The Morgan fingerprint density at radius 2 is 1.76 bits per heavy atom. The van der Waals surface area contributed by atoms with Crippen molar-refractivity contribution in [2.24, 2.45) is 0 Å². The molecule has 1 N–H and O–H groups in total. The normalized spacial score (nSPS) is 14.5. The number of aryl methyl sites for hydroxylation is 3. The molecule has 1 aliphatic rings. The van der Waals surface area contributed by atoms with Crippen LogP contribution >= 0.6 is 0 Å². The van der Waals surface area contributed by atoms with Gasteiger partial charge in [-0.15, -0.1) is 0 Å². The zero-order valence-corrected chi connectivity index (χ0v) is 13.3. The van der Waals surface area contributed by atoms with Crippen molar-refractivity contribution >= 4 is 5.69 Å². The van der Waals surface area contributed by atoms with Crippen molar-refractivity contribution in [2.45, 2.75) is 40.2 Å². The summed E-state index contributed by atoms with van der Waals surface area (Å²) >= 11 is 0. The predicted molar refractivity (Wildman–Crippen MR) is 88.3 cm³/mol. The maximum atomic E-state index is 5.58. The Balaban J connectivity index is 1.85. The van der Waals surface area contributed by atoms with Gasteiger partial charge in [-0.25, -0.2) is 0 Å². The molecular weight excluding hydrogens is 258 g/mol. The zero-order valence-electron chi connectivity index (χ0n) is 13.3. The number of ether oxygens (including phenoxy) is 1. The van der Waals surface area contributed by atoms with Crippen LogP contribution in [0.1, 0.15) is 40.8 Å². The van der Waals surface area contributed by atoms with Crippen LogP contribution in [-0.4, -0.2) is 6.61 Å². The Hall–Kier alpha value is -1.96. The molecule has 1 aliphatic heterocycles. The maximum Gasteiger partial charge on any atom is 0.122 e. The first-order chi connectivity index (χ1) is 10.0. The number of nitrogens with one attached hydrogen (secondary N) is 1. The van der Waals surface area contributed by atoms with Crippen LogP contribution in [0.5, 0.6) is 5.75 Å². The second-order valence-electron chi connectivity index (χ2n) is 6.11. The molecule has 0 aromatic heterocycles. The standard InChI is InChI=1S/C19H23NO/c1-12-9-13(2)19(14(3)10-12)20-15(4)16-5-6-18-17(11-16)7-8-21-18/h5-6,9-11,15,20H,7-8H2,1-4H3. The van der Waals surface area contributed by atoms with E-state index in [1.165, 1.54) is 33.5 Å². The summed E-state index contributed by atoms with van der Waals surface area (Å²) in [4.78, 5) is 0. The zero-order chi connectivity index (χ0) is 15.0. The lowest BCUT2D eigenvalue weighted by Gasteiger charge is -2.20. The third kappa shape index (κ3) is 2.76. The average molecular weight is 281 g/mol. The van der Waals surface area contributed by atoms with E-state index >= 15 is 0 Å². The van der Waals surface area contributed by atoms with Crippen LogP contribution in [-0.2, 0) is 6.42 Å². The van der Waals surface area contributed by atoms with E-state index in [0.717, 1.165) is 18.8 Å². The van der Waals surface area contributed by atoms with E-state index < -0.39 is 0 Å². The van der Waals surface area contributed by atoms with Crippen molar-refractivity contribution in [3.8, 4) is 5.75 Å². The Kier molecular flexibility index (Phi) is 3.62. The fourth-order valence-corrected chi connectivity index (χ4v) is 3.18. The lowest BCUT2D eigenvalue weighted by atomic mass is 10.0. The van der Waals surface area contributed by atoms with Gasteiger partial charge in [0.2, 0.25) is 0 Å². The second kappa shape index (κ2) is 5.44. The van der Waals surface area contributed by atoms with E-state index in [1.807, 2.05) is 0 Å². The summed E-state index contributed by atoms with van der Waals surface area (Å²) in [5.74, 6) is 1.05. The van der Waals surface area contributed by atoms with Gasteiger partial charge in [0.25, 0.3) is 0 Å². The fourth-order valence-electron chi connectivity index (χ4n) is 3.18. The topological polar surface area (TPSA) is 21.3 Å². The molecule has 0 amide bonds. The summed E-state index contributed by atoms with van der Waals surface area (Å²) in [5.41, 5.74) is 7.84. The Morgan fingerprint density at radius 1 is 1.05 bits per heavy atom. The third-order valence-corrected chi connectivity index (χ3v) is 4.25. The molecule has 0 saturated carbocycles. The first-order valence-corrected chi connectivity index (χ1v) is 7.64. The number of hydrogen-bond donors (Lipinski definition) is 1. The van der Waals surface area contributed by atoms with E-state index in [0.29, 0.717) is 0 Å². The molecule has 21 heavy (non-hydrogen) atoms. The number of anilines is 1. The largest absolute Gasteiger partial charge is 0.493 e. The van der Waals surface area contributed by atoms with Gasteiger partial charge in [0.05, 0.1) is 6.61 Å². The van der Waals surface area contributed by atoms with Gasteiger partial charge in [-0.3, -0.25) is 0 Å². The van der Waals surface area contributed by atoms with Crippen LogP contribution in [0.2, 0.25) is 0 Å². The third-order valence-electron chi connectivity index (χ3n) is 4.25. The molecule has 1 heterocycles. The molecule has 0 saturated heterocycles. The Labute approximate surface area is 127 Å². The van der Waals surface area contributed by atoms with Gasteiger partial charge in [-0.1, -0.05) is 23.8 Å². The molecule has 1 unspecified atom stereocenters. The molecule has 2 aromatic rings. The van der Waals surface area contributed by atoms with Gasteiger partial charge < -0.3 is 10.1 Å². The van der Waals surface area contributed by atoms with E-state index in [1.54, 1.807) is 0 Å². The van der Waals surface area contributed by atoms with Crippen LogP contribution in [0.25, 0.3) is 0 Å². The van der Waals surface area contributed by atoms with Crippen molar-refractivity contribution in [2.75, 3.05) is 11.9 Å². The minimum Gasteiger partial charge on any atom is -0.493 e. The molecule has 2 heteroatoms.